The molecular formula is C20H22N4O4. The van der Waals surface area contributed by atoms with Crippen molar-refractivity contribution in [2.75, 3.05) is 32.7 Å². The summed E-state index contributed by atoms with van der Waals surface area (Å²) in [5.41, 5.74) is 1.45. The zero-order chi connectivity index (χ0) is 19.9. The summed E-state index contributed by atoms with van der Waals surface area (Å²) in [5, 5.41) is 13.2. The van der Waals surface area contributed by atoms with Gasteiger partial charge < -0.3 is 10.2 Å². The smallest absolute Gasteiger partial charge is 0.269 e. The number of nitrogens with one attached hydrogen (secondary N) is 1. The fourth-order valence-corrected chi connectivity index (χ4v) is 3.10. The van der Waals surface area contributed by atoms with Gasteiger partial charge in [0.05, 0.1) is 11.5 Å². The minimum Gasteiger partial charge on any atom is -0.343 e. The van der Waals surface area contributed by atoms with Crippen molar-refractivity contribution in [3.8, 4) is 0 Å². The number of nitro benzene ring substituents is 1. The molecule has 1 heterocycles. The first-order valence-corrected chi connectivity index (χ1v) is 9.09. The molecule has 0 spiro atoms. The van der Waals surface area contributed by atoms with Crippen LogP contribution in [0.3, 0.4) is 0 Å². The summed E-state index contributed by atoms with van der Waals surface area (Å²) < 4.78 is 0. The topological polar surface area (TPSA) is 95.8 Å². The average molecular weight is 382 g/mol. The maximum Gasteiger partial charge on any atom is 0.269 e. The van der Waals surface area contributed by atoms with Crippen LogP contribution in [0.15, 0.2) is 54.6 Å². The largest absolute Gasteiger partial charge is 0.343 e. The first-order chi connectivity index (χ1) is 13.5. The Morgan fingerprint density at radius 2 is 1.61 bits per heavy atom. The summed E-state index contributed by atoms with van der Waals surface area (Å²) in [7, 11) is 0. The molecule has 8 nitrogen and oxygen atoms in total. The van der Waals surface area contributed by atoms with Crippen LogP contribution < -0.4 is 5.32 Å². The molecule has 0 aliphatic carbocycles. The van der Waals surface area contributed by atoms with Gasteiger partial charge in [-0.15, -0.1) is 0 Å². The molecule has 1 aliphatic rings. The van der Waals surface area contributed by atoms with E-state index in [-0.39, 0.29) is 23.7 Å². The van der Waals surface area contributed by atoms with E-state index in [9.17, 15) is 19.7 Å². The highest BCUT2D eigenvalue weighted by molar-refractivity contribution is 5.96. The van der Waals surface area contributed by atoms with Gasteiger partial charge in [-0.05, 0) is 17.7 Å². The van der Waals surface area contributed by atoms with Crippen LogP contribution in [-0.2, 0) is 11.3 Å². The van der Waals surface area contributed by atoms with Gasteiger partial charge in [-0.2, -0.15) is 0 Å². The molecule has 146 valence electrons. The van der Waals surface area contributed by atoms with E-state index in [1.807, 2.05) is 18.2 Å². The third-order valence-corrected chi connectivity index (χ3v) is 4.71. The highest BCUT2D eigenvalue weighted by Gasteiger charge is 2.21. The summed E-state index contributed by atoms with van der Waals surface area (Å²) in [5.74, 6) is -0.555. The lowest BCUT2D eigenvalue weighted by Gasteiger charge is -2.34. The Hall–Kier alpha value is -3.26. The highest BCUT2D eigenvalue weighted by atomic mass is 16.6. The van der Waals surface area contributed by atoms with Crippen LogP contribution in [0, 0.1) is 10.1 Å². The van der Waals surface area contributed by atoms with Crippen molar-refractivity contribution >= 4 is 17.5 Å². The van der Waals surface area contributed by atoms with Gasteiger partial charge in [0.25, 0.3) is 11.6 Å². The Balaban J connectivity index is 1.43. The van der Waals surface area contributed by atoms with Crippen molar-refractivity contribution < 1.29 is 14.5 Å². The van der Waals surface area contributed by atoms with E-state index >= 15 is 0 Å². The SMILES string of the molecule is O=C(NCC(=O)N1CCN(Cc2ccccc2)CC1)c1ccc([N+](=O)[O-])cc1. The summed E-state index contributed by atoms with van der Waals surface area (Å²) in [6, 6.07) is 15.5. The summed E-state index contributed by atoms with van der Waals surface area (Å²) >= 11 is 0. The number of amides is 2. The van der Waals surface area contributed by atoms with Gasteiger partial charge in [0, 0.05) is 50.4 Å². The molecule has 2 amide bonds. The predicted octanol–water partition coefficient (Wildman–Crippen LogP) is 1.67. The Morgan fingerprint density at radius 3 is 2.21 bits per heavy atom. The minimum atomic E-state index is -0.525. The van der Waals surface area contributed by atoms with Crippen LogP contribution in [0.2, 0.25) is 0 Å². The van der Waals surface area contributed by atoms with Crippen LogP contribution in [-0.4, -0.2) is 59.3 Å². The second-order valence-electron chi connectivity index (χ2n) is 6.63. The number of rotatable bonds is 6. The van der Waals surface area contributed by atoms with Gasteiger partial charge in [0.2, 0.25) is 5.91 Å². The van der Waals surface area contributed by atoms with Crippen LogP contribution in [0.5, 0.6) is 0 Å². The Labute approximate surface area is 162 Å². The molecule has 1 aliphatic heterocycles. The first-order valence-electron chi connectivity index (χ1n) is 9.09. The van der Waals surface area contributed by atoms with E-state index in [0.717, 1.165) is 19.6 Å². The lowest BCUT2D eigenvalue weighted by atomic mass is 10.2. The van der Waals surface area contributed by atoms with Gasteiger partial charge in [-0.1, -0.05) is 30.3 Å². The van der Waals surface area contributed by atoms with Crippen LogP contribution >= 0.6 is 0 Å². The third-order valence-electron chi connectivity index (χ3n) is 4.71. The molecule has 1 N–H and O–H groups in total. The second kappa shape index (κ2) is 9.09. The third kappa shape index (κ3) is 5.14. The Morgan fingerprint density at radius 1 is 0.964 bits per heavy atom. The maximum absolute atomic E-state index is 12.3. The number of benzene rings is 2. The Bertz CT molecular complexity index is 831. The first kappa shape index (κ1) is 19.5. The number of non-ortho nitro benzene ring substituents is 1. The molecule has 8 heteroatoms. The molecule has 28 heavy (non-hydrogen) atoms. The molecule has 2 aromatic carbocycles. The van der Waals surface area contributed by atoms with Gasteiger partial charge in [-0.25, -0.2) is 0 Å². The van der Waals surface area contributed by atoms with Crippen molar-refractivity contribution in [2.45, 2.75) is 6.54 Å². The predicted molar refractivity (Wildman–Crippen MR) is 104 cm³/mol. The monoisotopic (exact) mass is 382 g/mol. The molecule has 0 aromatic heterocycles. The van der Waals surface area contributed by atoms with Crippen molar-refractivity contribution in [2.24, 2.45) is 0 Å². The quantitative estimate of drug-likeness (QED) is 0.606. The lowest BCUT2D eigenvalue weighted by Crippen LogP contribution is -2.50. The van der Waals surface area contributed by atoms with Gasteiger partial charge >= 0.3 is 0 Å². The number of nitro groups is 1. The maximum atomic E-state index is 12.3. The second-order valence-corrected chi connectivity index (χ2v) is 6.63. The van der Waals surface area contributed by atoms with E-state index < -0.39 is 10.8 Å². The lowest BCUT2D eigenvalue weighted by molar-refractivity contribution is -0.384. The molecular weight excluding hydrogens is 360 g/mol. The van der Waals surface area contributed by atoms with Gasteiger partial charge in [0.1, 0.15) is 0 Å². The van der Waals surface area contributed by atoms with Crippen LogP contribution in [0.1, 0.15) is 15.9 Å². The molecule has 1 fully saturated rings. The summed E-state index contributed by atoms with van der Waals surface area (Å²) in [6.07, 6.45) is 0. The van der Waals surface area contributed by atoms with E-state index in [2.05, 4.69) is 22.3 Å². The Kier molecular flexibility index (Phi) is 6.33. The zero-order valence-corrected chi connectivity index (χ0v) is 15.4. The number of piperazine rings is 1. The molecule has 0 radical (unpaired) electrons. The van der Waals surface area contributed by atoms with Gasteiger partial charge in [0.15, 0.2) is 0 Å². The fourth-order valence-electron chi connectivity index (χ4n) is 3.10. The number of nitrogens with zero attached hydrogens (tertiary/aromatic N) is 3. The summed E-state index contributed by atoms with van der Waals surface area (Å²) in [6.45, 7) is 3.60. The molecule has 0 saturated carbocycles. The molecule has 1 saturated heterocycles. The molecule has 0 unspecified atom stereocenters. The van der Waals surface area contributed by atoms with E-state index in [4.69, 9.17) is 0 Å². The number of carbonyl (C=O) groups is 2. The zero-order valence-electron chi connectivity index (χ0n) is 15.4. The highest BCUT2D eigenvalue weighted by Crippen LogP contribution is 2.12. The van der Waals surface area contributed by atoms with E-state index in [0.29, 0.717) is 13.1 Å². The van der Waals surface area contributed by atoms with Crippen molar-refractivity contribution in [1.29, 1.82) is 0 Å². The van der Waals surface area contributed by atoms with Crippen molar-refractivity contribution in [3.63, 3.8) is 0 Å². The number of carbonyl (C=O) groups excluding carboxylic acids is 2. The standard InChI is InChI=1S/C20H22N4O4/c25-19(14-21-20(26)17-6-8-18(9-7-17)24(27)28)23-12-10-22(11-13-23)15-16-4-2-1-3-5-16/h1-9H,10-15H2,(H,21,26). The number of hydrogen-bond acceptors (Lipinski definition) is 5. The van der Waals surface area contributed by atoms with E-state index in [1.165, 1.54) is 29.8 Å². The minimum absolute atomic E-state index is 0.0824. The average Bonchev–Trinajstić information content (AvgIpc) is 2.73. The normalized spacial score (nSPS) is 14.5. The molecule has 3 rings (SSSR count). The van der Waals surface area contributed by atoms with Crippen molar-refractivity contribution in [3.05, 3.63) is 75.8 Å². The summed E-state index contributed by atoms with van der Waals surface area (Å²) in [4.78, 5) is 38.6. The van der Waals surface area contributed by atoms with Crippen LogP contribution in [0.25, 0.3) is 0 Å². The number of hydrogen-bond donors (Lipinski definition) is 1. The van der Waals surface area contributed by atoms with E-state index in [1.54, 1.807) is 4.90 Å². The molecule has 2 aromatic rings. The van der Waals surface area contributed by atoms with Crippen LogP contribution in [0.4, 0.5) is 5.69 Å². The fraction of sp³-hybridized carbons (Fsp3) is 0.300. The van der Waals surface area contributed by atoms with Crippen molar-refractivity contribution in [1.82, 2.24) is 15.1 Å². The van der Waals surface area contributed by atoms with Gasteiger partial charge in [-0.3, -0.25) is 24.6 Å². The molecule has 0 bridgehead atoms. The molecule has 0 atom stereocenters.